The SMILES string of the molecule is CC(OCCOc1c(-c2ccccc2)cccc1-c1ccccc1)C12CC3CC(CC(C3)C1)C2. The van der Waals surface area contributed by atoms with E-state index in [2.05, 4.69) is 85.8 Å². The van der Waals surface area contributed by atoms with Gasteiger partial charge in [0, 0.05) is 11.1 Å². The molecule has 4 fully saturated rings. The predicted molar refractivity (Wildman–Crippen MR) is 139 cm³/mol. The fourth-order valence-electron chi connectivity index (χ4n) is 7.60. The van der Waals surface area contributed by atoms with E-state index in [-0.39, 0.29) is 0 Å². The van der Waals surface area contributed by atoms with Crippen LogP contribution in [0.1, 0.15) is 45.4 Å². The van der Waals surface area contributed by atoms with Crippen LogP contribution in [0.25, 0.3) is 22.3 Å². The summed E-state index contributed by atoms with van der Waals surface area (Å²) in [5.41, 5.74) is 5.05. The molecule has 2 nitrogen and oxygen atoms in total. The molecule has 0 spiro atoms. The van der Waals surface area contributed by atoms with Gasteiger partial charge in [0.25, 0.3) is 0 Å². The second-order valence-electron chi connectivity index (χ2n) is 11.1. The first-order valence-electron chi connectivity index (χ1n) is 13.2. The lowest BCUT2D eigenvalue weighted by Crippen LogP contribution is -2.51. The summed E-state index contributed by atoms with van der Waals surface area (Å²) >= 11 is 0. The molecule has 4 aliphatic carbocycles. The van der Waals surface area contributed by atoms with Crippen molar-refractivity contribution in [3.05, 3.63) is 78.9 Å². The molecule has 0 radical (unpaired) electrons. The van der Waals surface area contributed by atoms with Crippen molar-refractivity contribution in [3.63, 3.8) is 0 Å². The molecule has 0 aliphatic heterocycles. The van der Waals surface area contributed by atoms with Crippen molar-refractivity contribution in [1.29, 1.82) is 0 Å². The maximum absolute atomic E-state index is 6.52. The molecular weight excluding hydrogens is 416 g/mol. The highest BCUT2D eigenvalue weighted by Crippen LogP contribution is 2.61. The van der Waals surface area contributed by atoms with Gasteiger partial charge in [-0.15, -0.1) is 0 Å². The molecule has 1 atom stereocenters. The standard InChI is InChI=1S/C32H36O2/c1-23(32-20-24-17-25(21-32)19-26(18-24)22-32)33-15-16-34-31-29(27-9-4-2-5-10-27)13-8-14-30(31)28-11-6-3-7-12-28/h2-14,23-26H,15-22H2,1H3. The van der Waals surface area contributed by atoms with Crippen LogP contribution >= 0.6 is 0 Å². The molecule has 0 N–H and O–H groups in total. The Morgan fingerprint density at radius 1 is 0.676 bits per heavy atom. The molecule has 3 aromatic rings. The van der Waals surface area contributed by atoms with Gasteiger partial charge in [0.1, 0.15) is 12.4 Å². The third-order valence-electron chi connectivity index (χ3n) is 8.83. The zero-order chi connectivity index (χ0) is 23.0. The van der Waals surface area contributed by atoms with Gasteiger partial charge in [-0.3, -0.25) is 0 Å². The first-order chi connectivity index (χ1) is 16.7. The van der Waals surface area contributed by atoms with Crippen LogP contribution in [0.3, 0.4) is 0 Å². The molecule has 3 aromatic carbocycles. The van der Waals surface area contributed by atoms with E-state index in [1.807, 2.05) is 0 Å². The summed E-state index contributed by atoms with van der Waals surface area (Å²) in [7, 11) is 0. The summed E-state index contributed by atoms with van der Waals surface area (Å²) in [6.45, 7) is 3.54. The Kier molecular flexibility index (Phi) is 5.95. The molecule has 7 rings (SSSR count). The summed E-state index contributed by atoms with van der Waals surface area (Å²) in [6.07, 6.45) is 8.92. The Balaban J connectivity index is 1.18. The van der Waals surface area contributed by atoms with Crippen molar-refractivity contribution in [2.45, 2.75) is 51.6 Å². The average molecular weight is 453 g/mol. The first-order valence-corrected chi connectivity index (χ1v) is 13.2. The van der Waals surface area contributed by atoms with Crippen LogP contribution < -0.4 is 4.74 Å². The number of rotatable bonds is 8. The van der Waals surface area contributed by atoms with E-state index in [9.17, 15) is 0 Å². The van der Waals surface area contributed by atoms with Gasteiger partial charge in [-0.25, -0.2) is 0 Å². The lowest BCUT2D eigenvalue weighted by atomic mass is 9.48. The number of para-hydroxylation sites is 1. The van der Waals surface area contributed by atoms with Gasteiger partial charge in [0.05, 0.1) is 12.7 Å². The Labute approximate surface area is 204 Å². The van der Waals surface area contributed by atoms with Gasteiger partial charge >= 0.3 is 0 Å². The fraction of sp³-hybridized carbons (Fsp3) is 0.438. The first kappa shape index (κ1) is 21.9. The smallest absolute Gasteiger partial charge is 0.135 e. The molecule has 176 valence electrons. The molecule has 4 bridgehead atoms. The maximum Gasteiger partial charge on any atom is 0.135 e. The van der Waals surface area contributed by atoms with E-state index >= 15 is 0 Å². The van der Waals surface area contributed by atoms with E-state index in [4.69, 9.17) is 9.47 Å². The summed E-state index contributed by atoms with van der Waals surface area (Å²) in [6, 6.07) is 27.5. The molecule has 0 saturated heterocycles. The monoisotopic (exact) mass is 452 g/mol. The number of hydrogen-bond donors (Lipinski definition) is 0. The van der Waals surface area contributed by atoms with Crippen molar-refractivity contribution in [1.82, 2.24) is 0 Å². The Hall–Kier alpha value is -2.58. The van der Waals surface area contributed by atoms with E-state index in [0.717, 1.165) is 34.6 Å². The zero-order valence-corrected chi connectivity index (χ0v) is 20.3. The lowest BCUT2D eigenvalue weighted by Gasteiger charge is -2.58. The fourth-order valence-corrected chi connectivity index (χ4v) is 7.60. The highest BCUT2D eigenvalue weighted by molar-refractivity contribution is 5.82. The largest absolute Gasteiger partial charge is 0.490 e. The molecular formula is C32H36O2. The highest BCUT2D eigenvalue weighted by Gasteiger charge is 2.53. The van der Waals surface area contributed by atoms with Gasteiger partial charge in [-0.1, -0.05) is 78.9 Å². The predicted octanol–water partition coefficient (Wildman–Crippen LogP) is 8.02. The normalized spacial score (nSPS) is 28.1. The molecule has 1 unspecified atom stereocenters. The molecule has 4 aliphatic rings. The van der Waals surface area contributed by atoms with Crippen LogP contribution in [0.2, 0.25) is 0 Å². The van der Waals surface area contributed by atoms with Crippen LogP contribution in [0.15, 0.2) is 78.9 Å². The third-order valence-corrected chi connectivity index (χ3v) is 8.83. The van der Waals surface area contributed by atoms with Crippen LogP contribution in [0.4, 0.5) is 0 Å². The van der Waals surface area contributed by atoms with Crippen molar-refractivity contribution < 1.29 is 9.47 Å². The summed E-state index contributed by atoms with van der Waals surface area (Å²) in [5.74, 6) is 3.82. The number of ether oxygens (including phenoxy) is 2. The number of benzene rings is 3. The maximum atomic E-state index is 6.52. The minimum Gasteiger partial charge on any atom is -0.490 e. The second kappa shape index (κ2) is 9.23. The lowest BCUT2D eigenvalue weighted by molar-refractivity contribution is -0.137. The van der Waals surface area contributed by atoms with Gasteiger partial charge in [0.15, 0.2) is 0 Å². The molecule has 34 heavy (non-hydrogen) atoms. The van der Waals surface area contributed by atoms with E-state index in [1.54, 1.807) is 0 Å². The Morgan fingerprint density at radius 2 is 1.18 bits per heavy atom. The quantitative estimate of drug-likeness (QED) is 0.322. The Morgan fingerprint density at radius 3 is 1.68 bits per heavy atom. The van der Waals surface area contributed by atoms with Crippen molar-refractivity contribution in [2.24, 2.45) is 23.2 Å². The molecule has 0 amide bonds. The summed E-state index contributed by atoms with van der Waals surface area (Å²) in [5, 5.41) is 0. The van der Waals surface area contributed by atoms with Crippen molar-refractivity contribution >= 4 is 0 Å². The van der Waals surface area contributed by atoms with Gasteiger partial charge in [-0.05, 0) is 79.7 Å². The van der Waals surface area contributed by atoms with E-state index in [0.29, 0.717) is 24.7 Å². The molecule has 2 heteroatoms. The van der Waals surface area contributed by atoms with Crippen LogP contribution in [-0.2, 0) is 4.74 Å². The summed E-state index contributed by atoms with van der Waals surface area (Å²) < 4.78 is 13.0. The van der Waals surface area contributed by atoms with Crippen LogP contribution in [0, 0.1) is 23.2 Å². The molecule has 0 heterocycles. The zero-order valence-electron chi connectivity index (χ0n) is 20.3. The number of hydrogen-bond acceptors (Lipinski definition) is 2. The topological polar surface area (TPSA) is 18.5 Å². The summed E-state index contributed by atoms with van der Waals surface area (Å²) in [4.78, 5) is 0. The van der Waals surface area contributed by atoms with Gasteiger partial charge in [-0.2, -0.15) is 0 Å². The van der Waals surface area contributed by atoms with Gasteiger partial charge < -0.3 is 9.47 Å². The average Bonchev–Trinajstić information content (AvgIpc) is 2.86. The second-order valence-corrected chi connectivity index (χ2v) is 11.1. The molecule has 0 aromatic heterocycles. The minimum absolute atomic E-state index is 0.322. The Bertz CT molecular complexity index is 1010. The third kappa shape index (κ3) is 4.18. The van der Waals surface area contributed by atoms with E-state index in [1.165, 1.54) is 49.7 Å². The van der Waals surface area contributed by atoms with E-state index < -0.39 is 0 Å². The van der Waals surface area contributed by atoms with Crippen LogP contribution in [0.5, 0.6) is 5.75 Å². The van der Waals surface area contributed by atoms with Crippen molar-refractivity contribution in [2.75, 3.05) is 13.2 Å². The van der Waals surface area contributed by atoms with Gasteiger partial charge in [0.2, 0.25) is 0 Å². The minimum atomic E-state index is 0.322. The molecule has 4 saturated carbocycles. The van der Waals surface area contributed by atoms with Crippen molar-refractivity contribution in [3.8, 4) is 28.0 Å². The van der Waals surface area contributed by atoms with Crippen LogP contribution in [-0.4, -0.2) is 19.3 Å². The highest BCUT2D eigenvalue weighted by atomic mass is 16.5.